The van der Waals surface area contributed by atoms with E-state index >= 15 is 0 Å². The van der Waals surface area contributed by atoms with Gasteiger partial charge in [0, 0.05) is 38.2 Å². The van der Waals surface area contributed by atoms with Crippen molar-refractivity contribution < 1.29 is 8.42 Å². The van der Waals surface area contributed by atoms with Crippen LogP contribution < -0.4 is 5.73 Å². The van der Waals surface area contributed by atoms with Crippen molar-refractivity contribution in [1.29, 1.82) is 0 Å². The fourth-order valence-corrected chi connectivity index (χ4v) is 2.38. The van der Waals surface area contributed by atoms with Gasteiger partial charge in [-0.2, -0.15) is 0 Å². The minimum atomic E-state index is -2.75. The van der Waals surface area contributed by atoms with Gasteiger partial charge < -0.3 is 15.5 Å². The molecule has 0 aromatic heterocycles. The van der Waals surface area contributed by atoms with Crippen LogP contribution in [-0.4, -0.2) is 75.5 Å². The average molecular weight is 295 g/mol. The highest BCUT2D eigenvalue weighted by Crippen LogP contribution is 1.95. The molecule has 0 amide bonds. The molecule has 5 nitrogen and oxygen atoms in total. The van der Waals surface area contributed by atoms with Crippen molar-refractivity contribution in [2.24, 2.45) is 5.73 Å². The maximum Gasteiger partial charge on any atom is 0.147 e. The zero-order valence-electron chi connectivity index (χ0n) is 11.3. The first-order valence-electron chi connectivity index (χ1n) is 6.14. The Morgan fingerprint density at radius 2 is 1.78 bits per heavy atom. The van der Waals surface area contributed by atoms with Gasteiger partial charge in [-0.05, 0) is 26.4 Å². The second-order valence-corrected chi connectivity index (χ2v) is 7.04. The van der Waals surface area contributed by atoms with E-state index in [1.807, 2.05) is 0 Å². The predicted molar refractivity (Wildman–Crippen MR) is 80.7 cm³/mol. The number of piperazine rings is 1. The Balaban J connectivity index is 0.000000321. The van der Waals surface area contributed by atoms with Gasteiger partial charge >= 0.3 is 0 Å². The molecule has 1 aliphatic heterocycles. The van der Waals surface area contributed by atoms with E-state index < -0.39 is 9.84 Å². The largest absolute Gasteiger partial charge is 0.366 e. The summed E-state index contributed by atoms with van der Waals surface area (Å²) < 4.78 is 20.9. The normalized spacial score (nSPS) is 16.9. The van der Waals surface area contributed by atoms with Crippen LogP contribution in [0.25, 0.3) is 0 Å². The van der Waals surface area contributed by atoms with Crippen molar-refractivity contribution in [3.8, 4) is 0 Å². The van der Waals surface area contributed by atoms with Crippen LogP contribution in [0.4, 0.5) is 0 Å². The van der Waals surface area contributed by atoms with E-state index in [1.165, 1.54) is 6.26 Å². The maximum atomic E-state index is 10.5. The molecular weight excluding hydrogens is 270 g/mol. The van der Waals surface area contributed by atoms with Gasteiger partial charge in [-0.25, -0.2) is 8.42 Å². The second-order valence-electron chi connectivity index (χ2n) is 4.57. The molecule has 1 heterocycles. The third-order valence-electron chi connectivity index (χ3n) is 2.66. The van der Waals surface area contributed by atoms with Crippen LogP contribution in [0.15, 0.2) is 0 Å². The molecule has 7 heteroatoms. The Hall–Kier alpha value is -0.240. The average Bonchev–Trinajstić information content (AvgIpc) is 2.30. The van der Waals surface area contributed by atoms with E-state index in [0.717, 1.165) is 32.6 Å². The van der Waals surface area contributed by atoms with Crippen molar-refractivity contribution in [2.75, 3.05) is 51.8 Å². The van der Waals surface area contributed by atoms with Crippen LogP contribution in [0.3, 0.4) is 0 Å². The van der Waals surface area contributed by atoms with Gasteiger partial charge in [-0.15, -0.1) is 0 Å². The molecule has 0 bridgehead atoms. The highest BCUT2D eigenvalue weighted by molar-refractivity contribution is 7.90. The molecular formula is C11H25N3O2S2. The molecule has 0 spiro atoms. The molecule has 0 saturated carbocycles. The summed E-state index contributed by atoms with van der Waals surface area (Å²) in [5.74, 6) is 0.268. The monoisotopic (exact) mass is 295 g/mol. The number of likely N-dealkylation sites (N-methyl/N-ethyl adjacent to an activating group) is 1. The van der Waals surface area contributed by atoms with Crippen LogP contribution in [0.2, 0.25) is 0 Å². The first-order valence-corrected chi connectivity index (χ1v) is 8.68. The summed E-state index contributed by atoms with van der Waals surface area (Å²) in [6.45, 7) is 5.07. The Morgan fingerprint density at radius 3 is 2.17 bits per heavy atom. The highest BCUT2D eigenvalue weighted by atomic mass is 32.2. The number of nitrogens with zero attached hydrogens (tertiary/aromatic N) is 2. The first-order chi connectivity index (χ1) is 8.39. The fraction of sp³-hybridized carbons (Fsp3) is 0.909. The predicted octanol–water partition coefficient (Wildman–Crippen LogP) is -0.0391. The van der Waals surface area contributed by atoms with E-state index in [0.29, 0.717) is 13.0 Å². The Kier molecular flexibility index (Phi) is 9.53. The zero-order chi connectivity index (χ0) is 14.0. The van der Waals surface area contributed by atoms with E-state index in [9.17, 15) is 8.42 Å². The standard InChI is InChI=1S/C6H12N2S.C5H13NO2S/c1-7-2-4-8(6-9)5-3-7;1-9(7,8)5-3-2-4-6/h6H,2-5H2,1H3;2-6H2,1H3. The molecule has 1 fully saturated rings. The number of rotatable bonds is 5. The number of thiocarbonyl (C=S) groups is 1. The lowest BCUT2D eigenvalue weighted by molar-refractivity contribution is 0.221. The number of sulfone groups is 1. The number of unbranched alkanes of at least 4 members (excludes halogenated alkanes) is 1. The topological polar surface area (TPSA) is 66.6 Å². The molecule has 18 heavy (non-hydrogen) atoms. The molecule has 0 aliphatic carbocycles. The van der Waals surface area contributed by atoms with E-state index in [2.05, 4.69) is 16.8 Å². The summed E-state index contributed by atoms with van der Waals surface area (Å²) in [4.78, 5) is 4.49. The molecule has 0 radical (unpaired) electrons. The van der Waals surface area contributed by atoms with Crippen LogP contribution >= 0.6 is 12.2 Å². The van der Waals surface area contributed by atoms with E-state index in [4.69, 9.17) is 18.0 Å². The van der Waals surface area contributed by atoms with Gasteiger partial charge in [0.1, 0.15) is 9.84 Å². The molecule has 1 rings (SSSR count). The van der Waals surface area contributed by atoms with Gasteiger partial charge in [0.2, 0.25) is 0 Å². The third kappa shape index (κ3) is 10.9. The van der Waals surface area contributed by atoms with Crippen molar-refractivity contribution in [3.05, 3.63) is 0 Å². The zero-order valence-corrected chi connectivity index (χ0v) is 13.0. The van der Waals surface area contributed by atoms with Crippen LogP contribution in [-0.2, 0) is 9.84 Å². The lowest BCUT2D eigenvalue weighted by atomic mass is 10.3. The van der Waals surface area contributed by atoms with Gasteiger partial charge in [0.05, 0.1) is 5.49 Å². The molecule has 1 saturated heterocycles. The summed E-state index contributed by atoms with van der Waals surface area (Å²) in [7, 11) is -0.612. The van der Waals surface area contributed by atoms with Gasteiger partial charge in [-0.1, -0.05) is 12.2 Å². The smallest absolute Gasteiger partial charge is 0.147 e. The number of nitrogens with two attached hydrogens (primary N) is 1. The minimum absolute atomic E-state index is 0.268. The molecule has 0 aromatic rings. The summed E-state index contributed by atoms with van der Waals surface area (Å²) in [6, 6.07) is 0. The number of hydrogen-bond acceptors (Lipinski definition) is 5. The van der Waals surface area contributed by atoms with Crippen molar-refractivity contribution in [1.82, 2.24) is 9.80 Å². The van der Waals surface area contributed by atoms with Crippen LogP contribution in [0, 0.1) is 0 Å². The summed E-state index contributed by atoms with van der Waals surface area (Å²) >= 11 is 4.79. The Bertz CT molecular complexity index is 312. The second kappa shape index (κ2) is 9.66. The minimum Gasteiger partial charge on any atom is -0.366 e. The molecule has 0 aromatic carbocycles. The summed E-state index contributed by atoms with van der Waals surface area (Å²) in [5, 5.41) is 0. The number of hydrogen-bond donors (Lipinski definition) is 1. The third-order valence-corrected chi connectivity index (χ3v) is 3.98. The van der Waals surface area contributed by atoms with E-state index in [1.54, 1.807) is 5.49 Å². The van der Waals surface area contributed by atoms with Crippen molar-refractivity contribution in [2.45, 2.75) is 12.8 Å². The lowest BCUT2D eigenvalue weighted by Gasteiger charge is -2.30. The Labute approximate surface area is 116 Å². The molecule has 1 aliphatic rings. The Morgan fingerprint density at radius 1 is 1.22 bits per heavy atom. The van der Waals surface area contributed by atoms with Gasteiger partial charge in [-0.3, -0.25) is 0 Å². The van der Waals surface area contributed by atoms with Gasteiger partial charge in [0.15, 0.2) is 0 Å². The fourth-order valence-electron chi connectivity index (χ4n) is 1.44. The highest BCUT2D eigenvalue weighted by Gasteiger charge is 2.08. The summed E-state index contributed by atoms with van der Waals surface area (Å²) in [6.07, 6.45) is 2.73. The van der Waals surface area contributed by atoms with Crippen LogP contribution in [0.5, 0.6) is 0 Å². The lowest BCUT2D eigenvalue weighted by Crippen LogP contribution is -2.43. The quantitative estimate of drug-likeness (QED) is 0.567. The summed E-state index contributed by atoms with van der Waals surface area (Å²) in [5.41, 5.74) is 6.92. The van der Waals surface area contributed by atoms with Crippen molar-refractivity contribution in [3.63, 3.8) is 0 Å². The van der Waals surface area contributed by atoms with Crippen LogP contribution in [0.1, 0.15) is 12.8 Å². The van der Waals surface area contributed by atoms with E-state index in [-0.39, 0.29) is 5.75 Å². The molecule has 0 atom stereocenters. The molecule has 0 unspecified atom stereocenters. The van der Waals surface area contributed by atoms with Crippen molar-refractivity contribution >= 4 is 27.5 Å². The van der Waals surface area contributed by atoms with Gasteiger partial charge in [0.25, 0.3) is 0 Å². The molecule has 108 valence electrons. The first kappa shape index (κ1) is 17.8. The SMILES string of the molecule is CN1CCN(C=S)CC1.CS(=O)(=O)CCCCN. The molecule has 2 N–H and O–H groups in total. The maximum absolute atomic E-state index is 10.5.